The molecule has 0 saturated carbocycles. The molecule has 2 aromatic carbocycles. The lowest BCUT2D eigenvalue weighted by Crippen LogP contribution is -2.53. The molecule has 1 amide bonds. The summed E-state index contributed by atoms with van der Waals surface area (Å²) in [5.41, 5.74) is 3.08. The topological polar surface area (TPSA) is 82.2 Å². The van der Waals surface area contributed by atoms with Crippen LogP contribution in [0.25, 0.3) is 0 Å². The number of amides is 1. The Hall–Kier alpha value is -2.62. The number of anilines is 3. The van der Waals surface area contributed by atoms with Gasteiger partial charge in [-0.25, -0.2) is 8.42 Å². The number of sulfonamides is 1. The summed E-state index contributed by atoms with van der Waals surface area (Å²) in [4.78, 5) is 19.1. The summed E-state index contributed by atoms with van der Waals surface area (Å²) in [6.45, 7) is 8.48. The van der Waals surface area contributed by atoms with Gasteiger partial charge < -0.3 is 14.5 Å². The zero-order valence-corrected chi connectivity index (χ0v) is 19.6. The summed E-state index contributed by atoms with van der Waals surface area (Å²) in [6.07, 6.45) is 0. The van der Waals surface area contributed by atoms with Crippen LogP contribution in [0, 0.1) is 6.92 Å². The molecule has 0 radical (unpaired) electrons. The molecule has 1 saturated heterocycles. The maximum atomic E-state index is 12.9. The summed E-state index contributed by atoms with van der Waals surface area (Å²) in [5, 5.41) is 0. The first kappa shape index (κ1) is 22.6. The SMILES string of the molecule is Cc1ccc(S(=O)(=O)Nc2ccc3c(c2)N(CCN2CCOCC2)C(C)C(=O)N3C)cc1. The van der Waals surface area contributed by atoms with Crippen molar-refractivity contribution in [1.82, 2.24) is 4.90 Å². The van der Waals surface area contributed by atoms with E-state index in [-0.39, 0.29) is 16.8 Å². The van der Waals surface area contributed by atoms with E-state index in [2.05, 4.69) is 14.5 Å². The van der Waals surface area contributed by atoms with Crippen LogP contribution in [0.5, 0.6) is 0 Å². The van der Waals surface area contributed by atoms with Gasteiger partial charge in [-0.1, -0.05) is 17.7 Å². The van der Waals surface area contributed by atoms with Crippen molar-refractivity contribution in [1.29, 1.82) is 0 Å². The lowest BCUT2D eigenvalue weighted by Gasteiger charge is -2.41. The van der Waals surface area contributed by atoms with Gasteiger partial charge >= 0.3 is 0 Å². The molecule has 8 nitrogen and oxygen atoms in total. The summed E-state index contributed by atoms with van der Waals surface area (Å²) in [6, 6.07) is 11.7. The Labute approximate surface area is 189 Å². The van der Waals surface area contributed by atoms with Crippen molar-refractivity contribution in [3.05, 3.63) is 48.0 Å². The molecule has 32 heavy (non-hydrogen) atoms. The molecule has 0 bridgehead atoms. The molecule has 9 heteroatoms. The number of nitrogens with zero attached hydrogens (tertiary/aromatic N) is 3. The van der Waals surface area contributed by atoms with E-state index in [1.165, 1.54) is 0 Å². The predicted molar refractivity (Wildman–Crippen MR) is 126 cm³/mol. The number of ether oxygens (including phenoxy) is 1. The van der Waals surface area contributed by atoms with Crippen molar-refractivity contribution in [3.8, 4) is 0 Å². The molecule has 2 aromatic rings. The number of benzene rings is 2. The maximum Gasteiger partial charge on any atom is 0.261 e. The third-order valence-electron chi connectivity index (χ3n) is 6.15. The second-order valence-corrected chi connectivity index (χ2v) is 10.0. The van der Waals surface area contributed by atoms with E-state index in [1.54, 1.807) is 48.3 Å². The first-order valence-electron chi connectivity index (χ1n) is 10.8. The van der Waals surface area contributed by atoms with E-state index in [0.717, 1.165) is 49.8 Å². The Kier molecular flexibility index (Phi) is 6.41. The molecule has 1 atom stereocenters. The van der Waals surface area contributed by atoms with Gasteiger partial charge in [0.1, 0.15) is 6.04 Å². The van der Waals surface area contributed by atoms with E-state index >= 15 is 0 Å². The third-order valence-corrected chi connectivity index (χ3v) is 7.54. The summed E-state index contributed by atoms with van der Waals surface area (Å²) >= 11 is 0. The molecule has 1 N–H and O–H groups in total. The van der Waals surface area contributed by atoms with Crippen molar-refractivity contribution >= 4 is 33.0 Å². The quantitative estimate of drug-likeness (QED) is 0.715. The number of likely N-dealkylation sites (N-methyl/N-ethyl adjacent to an activating group) is 1. The first-order valence-corrected chi connectivity index (χ1v) is 12.3. The molecular weight excluding hydrogens is 428 g/mol. The highest BCUT2D eigenvalue weighted by Gasteiger charge is 2.34. The molecule has 172 valence electrons. The average molecular weight is 459 g/mol. The van der Waals surface area contributed by atoms with Crippen molar-refractivity contribution in [3.63, 3.8) is 0 Å². The van der Waals surface area contributed by atoms with E-state index in [1.807, 2.05) is 19.9 Å². The zero-order chi connectivity index (χ0) is 22.9. The van der Waals surface area contributed by atoms with Crippen LogP contribution in [-0.2, 0) is 19.6 Å². The number of morpholine rings is 1. The lowest BCUT2D eigenvalue weighted by molar-refractivity contribution is -0.119. The Balaban J connectivity index is 1.60. The Bertz CT molecular complexity index is 1080. The van der Waals surface area contributed by atoms with Crippen LogP contribution >= 0.6 is 0 Å². The number of rotatable bonds is 6. The molecule has 2 aliphatic heterocycles. The molecule has 2 heterocycles. The standard InChI is InChI=1S/C23H30N4O4S/c1-17-4-7-20(8-5-17)32(29,30)24-19-6-9-21-22(16-19)27(18(2)23(28)25(21)3)11-10-26-12-14-31-15-13-26/h4-9,16,18,24H,10-15H2,1-3H3. The number of nitrogens with one attached hydrogen (secondary N) is 1. The monoisotopic (exact) mass is 458 g/mol. The van der Waals surface area contributed by atoms with Crippen LogP contribution in [0.3, 0.4) is 0 Å². The number of carbonyl (C=O) groups is 1. The highest BCUT2D eigenvalue weighted by Crippen LogP contribution is 2.37. The molecule has 4 rings (SSSR count). The van der Waals surface area contributed by atoms with Crippen LogP contribution in [0.2, 0.25) is 0 Å². The number of aryl methyl sites for hydroxylation is 1. The van der Waals surface area contributed by atoms with Gasteiger partial charge in [0.05, 0.1) is 35.2 Å². The third kappa shape index (κ3) is 4.60. The van der Waals surface area contributed by atoms with Crippen LogP contribution < -0.4 is 14.5 Å². The first-order chi connectivity index (χ1) is 15.3. The predicted octanol–water partition coefficient (Wildman–Crippen LogP) is 2.30. The number of fused-ring (bicyclic) bond motifs is 1. The minimum absolute atomic E-state index is 0.0208. The van der Waals surface area contributed by atoms with Crippen molar-refractivity contribution in [2.75, 3.05) is 61.0 Å². The van der Waals surface area contributed by atoms with Crippen molar-refractivity contribution in [2.24, 2.45) is 0 Å². The Morgan fingerprint density at radius 1 is 1.03 bits per heavy atom. The van der Waals surface area contributed by atoms with Gasteiger partial charge in [-0.05, 0) is 44.2 Å². The molecule has 2 aliphatic rings. The molecule has 1 fully saturated rings. The summed E-state index contributed by atoms with van der Waals surface area (Å²) < 4.78 is 33.8. The van der Waals surface area contributed by atoms with Gasteiger partial charge in [-0.2, -0.15) is 0 Å². The highest BCUT2D eigenvalue weighted by atomic mass is 32.2. The molecule has 0 aromatic heterocycles. The molecular formula is C23H30N4O4S. The average Bonchev–Trinajstić information content (AvgIpc) is 2.78. The van der Waals surface area contributed by atoms with E-state index in [9.17, 15) is 13.2 Å². The van der Waals surface area contributed by atoms with Crippen LogP contribution in [0.15, 0.2) is 47.4 Å². The summed E-state index contributed by atoms with van der Waals surface area (Å²) in [7, 11) is -1.96. The van der Waals surface area contributed by atoms with Gasteiger partial charge in [-0.3, -0.25) is 14.4 Å². The smallest absolute Gasteiger partial charge is 0.261 e. The van der Waals surface area contributed by atoms with E-state index in [0.29, 0.717) is 12.2 Å². The highest BCUT2D eigenvalue weighted by molar-refractivity contribution is 7.92. The number of hydrogen-bond acceptors (Lipinski definition) is 6. The molecule has 1 unspecified atom stereocenters. The Morgan fingerprint density at radius 2 is 1.72 bits per heavy atom. The largest absolute Gasteiger partial charge is 0.379 e. The van der Waals surface area contributed by atoms with Crippen molar-refractivity contribution < 1.29 is 17.9 Å². The fourth-order valence-corrected chi connectivity index (χ4v) is 5.21. The van der Waals surface area contributed by atoms with E-state index < -0.39 is 10.0 Å². The molecule has 0 spiro atoms. The minimum atomic E-state index is -3.71. The fourth-order valence-electron chi connectivity index (χ4n) is 4.16. The van der Waals surface area contributed by atoms with Gasteiger partial charge in [0, 0.05) is 33.2 Å². The van der Waals surface area contributed by atoms with Crippen molar-refractivity contribution in [2.45, 2.75) is 24.8 Å². The fraction of sp³-hybridized carbons (Fsp3) is 0.435. The van der Waals surface area contributed by atoms with Gasteiger partial charge in [0.2, 0.25) is 5.91 Å². The zero-order valence-electron chi connectivity index (χ0n) is 18.7. The van der Waals surface area contributed by atoms with Gasteiger partial charge in [0.25, 0.3) is 10.0 Å². The van der Waals surface area contributed by atoms with Crippen LogP contribution in [0.4, 0.5) is 17.1 Å². The maximum absolute atomic E-state index is 12.9. The second-order valence-electron chi connectivity index (χ2n) is 8.34. The number of hydrogen-bond donors (Lipinski definition) is 1. The van der Waals surface area contributed by atoms with Crippen LogP contribution in [-0.4, -0.2) is 71.7 Å². The van der Waals surface area contributed by atoms with E-state index in [4.69, 9.17) is 4.74 Å². The van der Waals surface area contributed by atoms with Gasteiger partial charge in [-0.15, -0.1) is 0 Å². The second kappa shape index (κ2) is 9.09. The summed E-state index contributed by atoms with van der Waals surface area (Å²) in [5.74, 6) is 0.0208. The Morgan fingerprint density at radius 3 is 2.41 bits per heavy atom. The van der Waals surface area contributed by atoms with Gasteiger partial charge in [0.15, 0.2) is 0 Å². The lowest BCUT2D eigenvalue weighted by atomic mass is 10.1. The number of carbonyl (C=O) groups excluding carboxylic acids is 1. The normalized spacial score (nSPS) is 19.7. The minimum Gasteiger partial charge on any atom is -0.379 e. The molecule has 0 aliphatic carbocycles. The van der Waals surface area contributed by atoms with Crippen LogP contribution in [0.1, 0.15) is 12.5 Å².